The first-order valence-electron chi connectivity index (χ1n) is 21.9. The number of carbonyl (C=O) groups is 2. The molecule has 2 amide bonds. The number of rotatable bonds is 17. The number of ether oxygens (including phenoxy) is 2. The predicted molar refractivity (Wildman–Crippen MR) is 259 cm³/mol. The van der Waals surface area contributed by atoms with Crippen LogP contribution in [-0.2, 0) is 17.8 Å². The van der Waals surface area contributed by atoms with Gasteiger partial charge in [0.05, 0.1) is 35.5 Å². The highest BCUT2D eigenvalue weighted by molar-refractivity contribution is 7.99. The van der Waals surface area contributed by atoms with Crippen molar-refractivity contribution in [1.82, 2.24) is 20.2 Å². The summed E-state index contributed by atoms with van der Waals surface area (Å²) >= 11 is 1.56. The molecule has 7 N–H and O–H groups in total. The molecule has 1 aliphatic rings. The Kier molecular flexibility index (Phi) is 14.4. The van der Waals surface area contributed by atoms with Crippen LogP contribution in [0.15, 0.2) is 130 Å². The highest BCUT2D eigenvalue weighted by atomic mass is 32.2. The minimum absolute atomic E-state index is 0.0283. The number of nitrogens with two attached hydrogens (primary N) is 1. The van der Waals surface area contributed by atoms with Crippen LogP contribution in [0.5, 0.6) is 11.5 Å². The number of anilines is 3. The fraction of sp³-hybridized carbons (Fsp3) is 0.255. The zero-order valence-corrected chi connectivity index (χ0v) is 37.7. The normalized spacial score (nSPS) is 13.2. The Morgan fingerprint density at radius 3 is 2.48 bits per heavy atom. The number of aliphatic hydroxyl groups is 1. The minimum atomic E-state index is -0.785. The molecule has 1 fully saturated rings. The second-order valence-electron chi connectivity index (χ2n) is 16.3. The molecule has 5 aromatic carbocycles. The number of phenols is 1. The number of hydrogen-bond donors (Lipinski definition) is 6. The van der Waals surface area contributed by atoms with E-state index in [0.29, 0.717) is 60.6 Å². The number of aromatic nitrogens is 2. The number of piperazine rings is 1. The number of benzene rings is 5. The van der Waals surface area contributed by atoms with Crippen molar-refractivity contribution in [2.45, 2.75) is 48.7 Å². The number of phenolic OH excluding ortho intramolecular Hbond substituents is 1. The van der Waals surface area contributed by atoms with Gasteiger partial charge in [0.15, 0.2) is 0 Å². The number of fused-ring (bicyclic) bond motifs is 2. The molecule has 0 radical (unpaired) electrons. The quantitative estimate of drug-likeness (QED) is 0.0481. The van der Waals surface area contributed by atoms with Gasteiger partial charge in [-0.2, -0.15) is 0 Å². The number of unbranched alkanes of at least 4 members (excludes halogenated alkanes) is 1. The number of nitrogens with zero attached hydrogens (tertiary/aromatic N) is 3. The Balaban J connectivity index is 0.784. The third kappa shape index (κ3) is 10.9. The number of carbonyl (C=O) groups excluding carboxylic acids is 2. The van der Waals surface area contributed by atoms with Crippen molar-refractivity contribution in [1.29, 1.82) is 0 Å². The molecule has 1 saturated heterocycles. The minimum Gasteiger partial charge on any atom is -0.506 e. The van der Waals surface area contributed by atoms with Gasteiger partial charge in [0.1, 0.15) is 18.1 Å². The maximum Gasteiger partial charge on any atom is 0.410 e. The van der Waals surface area contributed by atoms with Gasteiger partial charge in [-0.1, -0.05) is 48.2 Å². The average Bonchev–Trinajstić information content (AvgIpc) is 3.32. The molecule has 2 aromatic heterocycles. The standard InChI is InChI=1S/C51H53N7O7S/c1-32-25-39(28-42-47(32)54-29-43(50(52)62)48(42)55-35-9-6-10-37(27-35)64-2)66-38-11-5-8-34(26-38)31-65-51(63)58-23-21-57(22-24-58)36-14-12-33(13-15-36)7-3-4-20-53-30-45(60)40-16-18-44(59)49-41(40)17-19-46(61)56-49/h5-6,8-19,25-29,45,53,59-60H,3-4,7,20-24,30-31H2,1-2H3,(H2,52,62)(H,54,55)(H,56,61). The maximum absolute atomic E-state index is 13.2. The predicted octanol–water partition coefficient (Wildman–Crippen LogP) is 8.20. The summed E-state index contributed by atoms with van der Waals surface area (Å²) in [5, 5.41) is 29.0. The van der Waals surface area contributed by atoms with Gasteiger partial charge in [-0.05, 0) is 116 Å². The monoisotopic (exact) mass is 907 g/mol. The van der Waals surface area contributed by atoms with Gasteiger partial charge >= 0.3 is 6.09 Å². The summed E-state index contributed by atoms with van der Waals surface area (Å²) in [6.07, 6.45) is 3.26. The first-order valence-corrected chi connectivity index (χ1v) is 22.7. The van der Waals surface area contributed by atoms with Crippen molar-refractivity contribution in [3.63, 3.8) is 0 Å². The van der Waals surface area contributed by atoms with Crippen LogP contribution in [0.4, 0.5) is 21.9 Å². The molecular formula is C51H53N7O7S. The van der Waals surface area contributed by atoms with Gasteiger partial charge in [-0.3, -0.25) is 14.6 Å². The lowest BCUT2D eigenvalue weighted by molar-refractivity contribution is 0.0940. The van der Waals surface area contributed by atoms with E-state index < -0.39 is 12.0 Å². The van der Waals surface area contributed by atoms with E-state index in [1.165, 1.54) is 23.9 Å². The Bertz CT molecular complexity index is 2920. The van der Waals surface area contributed by atoms with Crippen molar-refractivity contribution in [3.05, 3.63) is 154 Å². The van der Waals surface area contributed by atoms with E-state index in [-0.39, 0.29) is 29.6 Å². The second kappa shape index (κ2) is 20.8. The third-order valence-corrected chi connectivity index (χ3v) is 12.7. The van der Waals surface area contributed by atoms with Crippen molar-refractivity contribution < 1.29 is 29.3 Å². The van der Waals surface area contributed by atoms with Crippen molar-refractivity contribution in [3.8, 4) is 11.5 Å². The molecule has 14 nitrogen and oxygen atoms in total. The molecule has 0 spiro atoms. The van der Waals surface area contributed by atoms with Gasteiger partial charge in [0.2, 0.25) is 5.56 Å². The number of aliphatic hydroxyl groups excluding tert-OH is 1. The fourth-order valence-corrected chi connectivity index (χ4v) is 9.28. The highest BCUT2D eigenvalue weighted by Gasteiger charge is 2.23. The second-order valence-corrected chi connectivity index (χ2v) is 17.5. The van der Waals surface area contributed by atoms with Crippen molar-refractivity contribution in [2.75, 3.05) is 56.6 Å². The Morgan fingerprint density at radius 2 is 1.70 bits per heavy atom. The van der Waals surface area contributed by atoms with E-state index in [9.17, 15) is 24.6 Å². The zero-order valence-electron chi connectivity index (χ0n) is 36.9. The Labute approximate surface area is 386 Å². The van der Waals surface area contributed by atoms with Gasteiger partial charge in [-0.25, -0.2) is 4.79 Å². The molecule has 0 bridgehead atoms. The summed E-state index contributed by atoms with van der Waals surface area (Å²) in [5.74, 6) is 0.0585. The van der Waals surface area contributed by atoms with E-state index in [0.717, 1.165) is 69.0 Å². The van der Waals surface area contributed by atoms with Crippen LogP contribution in [0.2, 0.25) is 0 Å². The lowest BCUT2D eigenvalue weighted by Crippen LogP contribution is -2.48. The Morgan fingerprint density at radius 1 is 0.894 bits per heavy atom. The lowest BCUT2D eigenvalue weighted by Gasteiger charge is -2.35. The van der Waals surface area contributed by atoms with E-state index in [4.69, 9.17) is 15.2 Å². The number of aryl methyl sites for hydroxylation is 2. The number of aromatic amines is 1. The van der Waals surface area contributed by atoms with E-state index in [2.05, 4.69) is 55.8 Å². The van der Waals surface area contributed by atoms with Gasteiger partial charge < -0.3 is 50.8 Å². The van der Waals surface area contributed by atoms with Crippen LogP contribution in [0, 0.1) is 6.92 Å². The lowest BCUT2D eigenvalue weighted by atomic mass is 10.0. The molecule has 8 rings (SSSR count). The fourth-order valence-electron chi connectivity index (χ4n) is 8.24. The van der Waals surface area contributed by atoms with Gasteiger partial charge in [0, 0.05) is 83.0 Å². The number of aromatic hydroxyl groups is 1. The van der Waals surface area contributed by atoms with Crippen LogP contribution in [0.3, 0.4) is 0 Å². The molecule has 3 heterocycles. The van der Waals surface area contributed by atoms with E-state index in [1.807, 2.05) is 61.5 Å². The molecule has 7 aromatic rings. The largest absolute Gasteiger partial charge is 0.506 e. The van der Waals surface area contributed by atoms with E-state index >= 15 is 0 Å². The van der Waals surface area contributed by atoms with Crippen molar-refractivity contribution in [2.24, 2.45) is 5.73 Å². The summed E-state index contributed by atoms with van der Waals surface area (Å²) in [5.41, 5.74) is 13.0. The van der Waals surface area contributed by atoms with E-state index in [1.54, 1.807) is 35.9 Å². The highest BCUT2D eigenvalue weighted by Crippen LogP contribution is 2.37. The Hall–Kier alpha value is -7.07. The van der Waals surface area contributed by atoms with Crippen LogP contribution in [0.25, 0.3) is 21.8 Å². The van der Waals surface area contributed by atoms with Crippen LogP contribution in [0.1, 0.15) is 51.6 Å². The summed E-state index contributed by atoms with van der Waals surface area (Å²) < 4.78 is 11.2. The third-order valence-electron chi connectivity index (χ3n) is 11.7. The summed E-state index contributed by atoms with van der Waals surface area (Å²) in [6, 6.07) is 34.2. The summed E-state index contributed by atoms with van der Waals surface area (Å²) in [7, 11) is 1.60. The molecule has 15 heteroatoms. The van der Waals surface area contributed by atoms with Crippen molar-refractivity contribution >= 4 is 62.6 Å². The number of methoxy groups -OCH3 is 1. The van der Waals surface area contributed by atoms with Gasteiger partial charge in [-0.15, -0.1) is 0 Å². The number of pyridine rings is 2. The number of amides is 2. The number of H-pyrrole nitrogens is 1. The summed E-state index contributed by atoms with van der Waals surface area (Å²) in [6.45, 7) is 5.76. The number of hydrogen-bond acceptors (Lipinski definition) is 12. The molecule has 1 atom stereocenters. The smallest absolute Gasteiger partial charge is 0.410 e. The zero-order chi connectivity index (χ0) is 46.2. The first kappa shape index (κ1) is 45.5. The number of nitrogens with one attached hydrogen (secondary N) is 3. The molecule has 66 heavy (non-hydrogen) atoms. The molecular weight excluding hydrogens is 855 g/mol. The topological polar surface area (TPSA) is 195 Å². The van der Waals surface area contributed by atoms with Gasteiger partial charge in [0.25, 0.3) is 5.91 Å². The maximum atomic E-state index is 13.2. The van der Waals surface area contributed by atoms with Crippen LogP contribution < -0.4 is 31.6 Å². The summed E-state index contributed by atoms with van der Waals surface area (Å²) in [4.78, 5) is 50.6. The molecule has 0 saturated carbocycles. The SMILES string of the molecule is COc1cccc(Nc2c(C(N)=O)cnc3c(C)cc(Sc4cccc(COC(=O)N5CCN(c6ccc(CCCCNCC(O)c7ccc(O)c8[nH]c(=O)ccc78)cc6)CC5)c4)cc23)c1. The number of primary amides is 1. The molecule has 1 aliphatic heterocycles. The molecule has 1 unspecified atom stereocenters. The van der Waals surface area contributed by atoms with Crippen LogP contribution >= 0.6 is 11.8 Å². The molecule has 340 valence electrons. The average molecular weight is 908 g/mol. The molecule has 0 aliphatic carbocycles. The van der Waals surface area contributed by atoms with Crippen LogP contribution in [-0.4, -0.2) is 83.5 Å². The first-order chi connectivity index (χ1) is 32.0.